The first-order chi connectivity index (χ1) is 14.2. The maximum atomic E-state index is 12.7. The van der Waals surface area contributed by atoms with E-state index in [1.165, 1.54) is 0 Å². The van der Waals surface area contributed by atoms with Crippen LogP contribution in [0.1, 0.15) is 17.5 Å². The molecule has 2 N–H and O–H groups in total. The predicted octanol–water partition coefficient (Wildman–Crippen LogP) is 2.31. The second-order valence-electron chi connectivity index (χ2n) is 8.41. The van der Waals surface area contributed by atoms with Gasteiger partial charge in [-0.15, -0.1) is 24.0 Å². The van der Waals surface area contributed by atoms with E-state index in [0.717, 1.165) is 69.3 Å². The average molecular weight is 554 g/mol. The minimum atomic E-state index is -4.29. The van der Waals surface area contributed by atoms with Crippen molar-refractivity contribution in [3.8, 4) is 0 Å². The van der Waals surface area contributed by atoms with Crippen LogP contribution in [-0.4, -0.2) is 93.2 Å². The number of hydrogen-bond acceptors (Lipinski definition) is 4. The Morgan fingerprint density at radius 2 is 1.81 bits per heavy atom. The van der Waals surface area contributed by atoms with Crippen molar-refractivity contribution < 1.29 is 13.2 Å². The molecule has 0 saturated carbocycles. The first kappa shape index (κ1) is 26.1. The molecule has 0 spiro atoms. The first-order valence-corrected chi connectivity index (χ1v) is 10.5. The van der Waals surface area contributed by atoms with Crippen LogP contribution in [0.15, 0.2) is 29.3 Å². The number of piperazine rings is 1. The van der Waals surface area contributed by atoms with E-state index in [-0.39, 0.29) is 30.0 Å². The van der Waals surface area contributed by atoms with E-state index < -0.39 is 11.7 Å². The van der Waals surface area contributed by atoms with Crippen LogP contribution in [0, 0.1) is 0 Å². The third-order valence-corrected chi connectivity index (χ3v) is 6.01. The minimum Gasteiger partial charge on any atom is -0.355 e. The van der Waals surface area contributed by atoms with Crippen LogP contribution < -0.4 is 10.6 Å². The van der Waals surface area contributed by atoms with Crippen molar-refractivity contribution in [2.24, 2.45) is 4.99 Å². The number of hydrogen-bond donors (Lipinski definition) is 2. The van der Waals surface area contributed by atoms with Gasteiger partial charge >= 0.3 is 6.18 Å². The van der Waals surface area contributed by atoms with Crippen LogP contribution in [0.25, 0.3) is 0 Å². The highest BCUT2D eigenvalue weighted by Gasteiger charge is 2.30. The predicted molar refractivity (Wildman–Crippen MR) is 129 cm³/mol. The van der Waals surface area contributed by atoms with Crippen molar-refractivity contribution in [2.75, 3.05) is 60.4 Å². The molecule has 1 aromatic carbocycles. The lowest BCUT2D eigenvalue weighted by Crippen LogP contribution is -2.56. The number of rotatable bonds is 5. The van der Waals surface area contributed by atoms with Gasteiger partial charge in [-0.25, -0.2) is 0 Å². The molecule has 2 fully saturated rings. The Bertz CT molecular complexity index is 712. The summed E-state index contributed by atoms with van der Waals surface area (Å²) in [5.74, 6) is 0.804. The average Bonchev–Trinajstić information content (AvgIpc) is 3.14. The molecule has 176 valence electrons. The summed E-state index contributed by atoms with van der Waals surface area (Å²) in [7, 11) is 6.09. The lowest BCUT2D eigenvalue weighted by Gasteiger charge is -2.38. The van der Waals surface area contributed by atoms with Gasteiger partial charge in [0.1, 0.15) is 0 Å². The fraction of sp³-hybridized carbons (Fsp3) is 0.667. The van der Waals surface area contributed by atoms with Gasteiger partial charge in [-0.2, -0.15) is 13.2 Å². The Morgan fingerprint density at radius 1 is 1.10 bits per heavy atom. The topological polar surface area (TPSA) is 46.1 Å². The van der Waals surface area contributed by atoms with Crippen molar-refractivity contribution in [1.29, 1.82) is 0 Å². The number of nitrogens with zero attached hydrogens (tertiary/aromatic N) is 4. The Hall–Kier alpha value is -1.11. The summed E-state index contributed by atoms with van der Waals surface area (Å²) in [6, 6.07) is 6.18. The molecule has 2 aliphatic heterocycles. The highest BCUT2D eigenvalue weighted by molar-refractivity contribution is 14.0. The second-order valence-corrected chi connectivity index (χ2v) is 8.41. The number of aliphatic imine (C=N–C) groups is 1. The monoisotopic (exact) mass is 554 g/mol. The van der Waals surface area contributed by atoms with Gasteiger partial charge in [0.15, 0.2) is 5.96 Å². The van der Waals surface area contributed by atoms with Crippen molar-refractivity contribution in [1.82, 2.24) is 25.3 Å². The van der Waals surface area contributed by atoms with Crippen molar-refractivity contribution >= 4 is 29.9 Å². The van der Waals surface area contributed by atoms with Gasteiger partial charge in [-0.1, -0.05) is 12.1 Å². The van der Waals surface area contributed by atoms with Crippen LogP contribution in [0.4, 0.5) is 13.2 Å². The fourth-order valence-electron chi connectivity index (χ4n) is 4.08. The summed E-state index contributed by atoms with van der Waals surface area (Å²) in [4.78, 5) is 11.3. The number of likely N-dealkylation sites (N-methyl/N-ethyl adjacent to an activating group) is 2. The van der Waals surface area contributed by atoms with Crippen LogP contribution >= 0.6 is 24.0 Å². The van der Waals surface area contributed by atoms with Gasteiger partial charge in [-0.05, 0) is 38.2 Å². The molecule has 0 aliphatic carbocycles. The Labute approximate surface area is 200 Å². The van der Waals surface area contributed by atoms with Crippen LogP contribution in [0.5, 0.6) is 0 Å². The number of alkyl halides is 3. The molecule has 2 unspecified atom stereocenters. The molecule has 2 saturated heterocycles. The molecule has 0 amide bonds. The van der Waals surface area contributed by atoms with E-state index in [4.69, 9.17) is 0 Å². The molecule has 0 radical (unpaired) electrons. The van der Waals surface area contributed by atoms with Crippen LogP contribution in [-0.2, 0) is 12.7 Å². The largest absolute Gasteiger partial charge is 0.416 e. The highest BCUT2D eigenvalue weighted by Crippen LogP contribution is 2.29. The maximum absolute atomic E-state index is 12.7. The number of benzene rings is 1. The summed E-state index contributed by atoms with van der Waals surface area (Å²) in [6.07, 6.45) is -3.31. The summed E-state index contributed by atoms with van der Waals surface area (Å²) < 4.78 is 38.1. The molecular formula is C21H34F3IN6. The normalized spacial score (nSPS) is 24.1. The lowest BCUT2D eigenvalue weighted by atomic mass is 10.1. The molecule has 2 atom stereocenters. The lowest BCUT2D eigenvalue weighted by molar-refractivity contribution is -0.137. The minimum absolute atomic E-state index is 0. The number of guanidine groups is 1. The van der Waals surface area contributed by atoms with E-state index in [0.29, 0.717) is 12.6 Å². The quantitative estimate of drug-likeness (QED) is 0.333. The summed E-state index contributed by atoms with van der Waals surface area (Å²) in [6.45, 7) is 6.43. The van der Waals surface area contributed by atoms with Gasteiger partial charge in [0.05, 0.1) is 5.56 Å². The molecule has 6 nitrogen and oxygen atoms in total. The zero-order chi connectivity index (χ0) is 21.7. The van der Waals surface area contributed by atoms with Gasteiger partial charge in [0.25, 0.3) is 0 Å². The molecular weight excluding hydrogens is 520 g/mol. The molecule has 10 heteroatoms. The molecule has 0 bridgehead atoms. The zero-order valence-electron chi connectivity index (χ0n) is 18.5. The molecule has 2 aliphatic rings. The molecule has 31 heavy (non-hydrogen) atoms. The molecule has 0 aromatic heterocycles. The Morgan fingerprint density at radius 3 is 2.45 bits per heavy atom. The van der Waals surface area contributed by atoms with Crippen LogP contribution in [0.3, 0.4) is 0 Å². The van der Waals surface area contributed by atoms with E-state index in [1.54, 1.807) is 19.2 Å². The van der Waals surface area contributed by atoms with Gasteiger partial charge in [-0.3, -0.25) is 14.8 Å². The number of halogens is 4. The van der Waals surface area contributed by atoms with E-state index in [2.05, 4.69) is 44.4 Å². The third-order valence-electron chi connectivity index (χ3n) is 6.01. The summed E-state index contributed by atoms with van der Waals surface area (Å²) in [5, 5.41) is 6.94. The van der Waals surface area contributed by atoms with Crippen LogP contribution in [0.2, 0.25) is 0 Å². The second kappa shape index (κ2) is 11.7. The Balaban J connectivity index is 0.00000341. The fourth-order valence-corrected chi connectivity index (χ4v) is 4.08. The summed E-state index contributed by atoms with van der Waals surface area (Å²) in [5.41, 5.74) is 0.299. The zero-order valence-corrected chi connectivity index (χ0v) is 20.8. The Kier molecular flexibility index (Phi) is 9.84. The van der Waals surface area contributed by atoms with Crippen molar-refractivity contribution in [2.45, 2.75) is 31.2 Å². The molecule has 2 heterocycles. The van der Waals surface area contributed by atoms with Gasteiger partial charge in [0.2, 0.25) is 0 Å². The summed E-state index contributed by atoms with van der Waals surface area (Å²) >= 11 is 0. The number of nitrogens with one attached hydrogen (secondary N) is 2. The highest BCUT2D eigenvalue weighted by atomic mass is 127. The SMILES string of the molecule is CN=C(NCC1CN(C)CCN1C)NC1CCN(Cc2ccc(C(F)(F)F)cc2)C1.I. The van der Waals surface area contributed by atoms with Gasteiger partial charge in [0, 0.05) is 64.9 Å². The third kappa shape index (κ3) is 7.76. The van der Waals surface area contributed by atoms with E-state index in [1.807, 2.05) is 0 Å². The maximum Gasteiger partial charge on any atom is 0.416 e. The molecule has 3 rings (SSSR count). The smallest absolute Gasteiger partial charge is 0.355 e. The molecule has 1 aromatic rings. The van der Waals surface area contributed by atoms with Gasteiger partial charge < -0.3 is 15.5 Å². The van der Waals surface area contributed by atoms with E-state index >= 15 is 0 Å². The van der Waals surface area contributed by atoms with Crippen molar-refractivity contribution in [3.63, 3.8) is 0 Å². The van der Waals surface area contributed by atoms with Crippen molar-refractivity contribution in [3.05, 3.63) is 35.4 Å². The van der Waals surface area contributed by atoms with E-state index in [9.17, 15) is 13.2 Å². The first-order valence-electron chi connectivity index (χ1n) is 10.5. The number of likely N-dealkylation sites (tertiary alicyclic amines) is 1. The standard InChI is InChI=1S/C21H33F3N6.HI/c1-25-20(26-12-19-15-28(2)10-11-29(19)3)27-18-8-9-30(14-18)13-16-4-6-17(7-5-16)21(22,23)24;/h4-7,18-19H,8-15H2,1-3H3,(H2,25,26,27);1H.